The highest BCUT2D eigenvalue weighted by Crippen LogP contribution is 2.10. The SMILES string of the molecule is CC[C@H](C)[C@H](NC(=O)[C@H](Cc1ccccc1)NC(=O)[C@@H](N)CCCCN)C(=O)O. The zero-order chi connectivity index (χ0) is 21.8. The zero-order valence-electron chi connectivity index (χ0n) is 17.3. The van der Waals surface area contributed by atoms with Crippen LogP contribution in [0, 0.1) is 5.92 Å². The summed E-state index contributed by atoms with van der Waals surface area (Å²) in [7, 11) is 0. The van der Waals surface area contributed by atoms with Gasteiger partial charge < -0.3 is 27.2 Å². The Morgan fingerprint density at radius 2 is 1.72 bits per heavy atom. The second kappa shape index (κ2) is 12.9. The maximum Gasteiger partial charge on any atom is 0.326 e. The van der Waals surface area contributed by atoms with Gasteiger partial charge in [0.2, 0.25) is 11.8 Å². The summed E-state index contributed by atoms with van der Waals surface area (Å²) in [5, 5.41) is 14.7. The quantitative estimate of drug-likeness (QED) is 0.306. The van der Waals surface area contributed by atoms with Gasteiger partial charge >= 0.3 is 5.97 Å². The minimum absolute atomic E-state index is 0.237. The minimum Gasteiger partial charge on any atom is -0.480 e. The highest BCUT2D eigenvalue weighted by Gasteiger charge is 2.30. The number of hydrogen-bond donors (Lipinski definition) is 5. The van der Waals surface area contributed by atoms with Crippen molar-refractivity contribution >= 4 is 17.8 Å². The van der Waals surface area contributed by atoms with Crippen LogP contribution in [0.25, 0.3) is 0 Å². The number of unbranched alkanes of at least 4 members (excludes halogenated alkanes) is 1. The van der Waals surface area contributed by atoms with Gasteiger partial charge in [-0.05, 0) is 30.9 Å². The molecule has 0 fully saturated rings. The molecule has 1 aromatic carbocycles. The van der Waals surface area contributed by atoms with Gasteiger partial charge in [-0.2, -0.15) is 0 Å². The van der Waals surface area contributed by atoms with Crippen LogP contribution in [-0.2, 0) is 20.8 Å². The minimum atomic E-state index is -1.10. The van der Waals surface area contributed by atoms with E-state index in [1.807, 2.05) is 37.3 Å². The first-order valence-electron chi connectivity index (χ1n) is 10.1. The lowest BCUT2D eigenvalue weighted by molar-refractivity contribution is -0.143. The Labute approximate surface area is 172 Å². The fourth-order valence-electron chi connectivity index (χ4n) is 2.91. The van der Waals surface area contributed by atoms with Crippen LogP contribution in [0.1, 0.15) is 45.1 Å². The molecule has 1 rings (SSSR count). The van der Waals surface area contributed by atoms with Crippen molar-refractivity contribution in [2.75, 3.05) is 6.54 Å². The predicted molar refractivity (Wildman–Crippen MR) is 112 cm³/mol. The number of aliphatic carboxylic acids is 1. The standard InChI is InChI=1S/C21H34N4O4/c1-3-14(2)18(21(28)29)25-20(27)17(13-15-9-5-4-6-10-15)24-19(26)16(23)11-7-8-12-22/h4-6,9-10,14,16-18H,3,7-8,11-13,22-23H2,1-2H3,(H,24,26)(H,25,27)(H,28,29)/t14-,16-,17-,18-/m0/s1. The van der Waals surface area contributed by atoms with E-state index >= 15 is 0 Å². The fourth-order valence-corrected chi connectivity index (χ4v) is 2.91. The normalized spacial score (nSPS) is 15.0. The molecule has 0 saturated heterocycles. The maximum atomic E-state index is 12.9. The van der Waals surface area contributed by atoms with Crippen molar-refractivity contribution in [1.29, 1.82) is 0 Å². The molecule has 0 aliphatic rings. The van der Waals surface area contributed by atoms with Crippen molar-refractivity contribution in [1.82, 2.24) is 10.6 Å². The molecule has 0 heterocycles. The molecule has 0 radical (unpaired) electrons. The van der Waals surface area contributed by atoms with Gasteiger partial charge in [0, 0.05) is 6.42 Å². The summed E-state index contributed by atoms with van der Waals surface area (Å²) in [6.07, 6.45) is 2.78. The highest BCUT2D eigenvalue weighted by atomic mass is 16.4. The van der Waals surface area contributed by atoms with E-state index in [9.17, 15) is 19.5 Å². The van der Waals surface area contributed by atoms with Crippen molar-refractivity contribution < 1.29 is 19.5 Å². The van der Waals surface area contributed by atoms with E-state index in [4.69, 9.17) is 11.5 Å². The Balaban J connectivity index is 2.90. The molecule has 0 bridgehead atoms. The average Bonchev–Trinajstić information content (AvgIpc) is 2.71. The van der Waals surface area contributed by atoms with E-state index in [-0.39, 0.29) is 12.3 Å². The summed E-state index contributed by atoms with van der Waals surface area (Å²) in [5.41, 5.74) is 12.2. The third-order valence-electron chi connectivity index (χ3n) is 5.00. The summed E-state index contributed by atoms with van der Waals surface area (Å²) < 4.78 is 0. The van der Waals surface area contributed by atoms with Gasteiger partial charge in [-0.3, -0.25) is 9.59 Å². The lowest BCUT2D eigenvalue weighted by Crippen LogP contribution is -2.56. The average molecular weight is 407 g/mol. The van der Waals surface area contributed by atoms with Crippen molar-refractivity contribution in [3.63, 3.8) is 0 Å². The van der Waals surface area contributed by atoms with Crippen molar-refractivity contribution in [2.45, 2.75) is 64.1 Å². The summed E-state index contributed by atoms with van der Waals surface area (Å²) in [4.78, 5) is 36.9. The van der Waals surface area contributed by atoms with Gasteiger partial charge in [-0.1, -0.05) is 57.0 Å². The van der Waals surface area contributed by atoms with Crippen LogP contribution in [-0.4, -0.2) is 47.6 Å². The van der Waals surface area contributed by atoms with E-state index in [1.54, 1.807) is 6.92 Å². The van der Waals surface area contributed by atoms with Gasteiger partial charge in [0.15, 0.2) is 0 Å². The van der Waals surface area contributed by atoms with E-state index in [1.165, 1.54) is 0 Å². The van der Waals surface area contributed by atoms with Crippen molar-refractivity contribution in [3.05, 3.63) is 35.9 Å². The topological polar surface area (TPSA) is 148 Å². The first-order valence-corrected chi connectivity index (χ1v) is 10.1. The molecule has 4 atom stereocenters. The smallest absolute Gasteiger partial charge is 0.326 e. The number of carbonyl (C=O) groups is 3. The second-order valence-electron chi connectivity index (χ2n) is 7.35. The van der Waals surface area contributed by atoms with Crippen molar-refractivity contribution in [3.8, 4) is 0 Å². The number of nitrogens with two attached hydrogens (primary N) is 2. The van der Waals surface area contributed by atoms with Crippen LogP contribution in [0.4, 0.5) is 0 Å². The second-order valence-corrected chi connectivity index (χ2v) is 7.35. The van der Waals surface area contributed by atoms with Crippen molar-refractivity contribution in [2.24, 2.45) is 17.4 Å². The summed E-state index contributed by atoms with van der Waals surface area (Å²) in [5.74, 6) is -2.32. The largest absolute Gasteiger partial charge is 0.480 e. The predicted octanol–water partition coefficient (Wildman–Crippen LogP) is 0.786. The molecule has 29 heavy (non-hydrogen) atoms. The van der Waals surface area contributed by atoms with Crippen LogP contribution >= 0.6 is 0 Å². The number of benzene rings is 1. The maximum absolute atomic E-state index is 12.9. The lowest BCUT2D eigenvalue weighted by Gasteiger charge is -2.25. The highest BCUT2D eigenvalue weighted by molar-refractivity contribution is 5.92. The molecule has 162 valence electrons. The van der Waals surface area contributed by atoms with Gasteiger partial charge in [-0.25, -0.2) is 4.79 Å². The number of hydrogen-bond acceptors (Lipinski definition) is 5. The van der Waals surface area contributed by atoms with Crippen LogP contribution in [0.15, 0.2) is 30.3 Å². The molecule has 0 aliphatic carbocycles. The lowest BCUT2D eigenvalue weighted by atomic mass is 9.98. The molecule has 1 aromatic rings. The summed E-state index contributed by atoms with van der Waals surface area (Å²) >= 11 is 0. The van der Waals surface area contributed by atoms with Crippen LogP contribution < -0.4 is 22.1 Å². The Morgan fingerprint density at radius 1 is 1.07 bits per heavy atom. The molecule has 2 amide bonds. The summed E-state index contributed by atoms with van der Waals surface area (Å²) in [6.45, 7) is 4.15. The molecule has 0 aliphatic heterocycles. The van der Waals surface area contributed by atoms with E-state index in [0.717, 1.165) is 18.4 Å². The Morgan fingerprint density at radius 3 is 2.28 bits per heavy atom. The molecular formula is C21H34N4O4. The number of carboxylic acids is 1. The Bertz CT molecular complexity index is 653. The van der Waals surface area contributed by atoms with Gasteiger partial charge in [0.05, 0.1) is 6.04 Å². The van der Waals surface area contributed by atoms with E-state index in [0.29, 0.717) is 19.4 Å². The number of nitrogens with one attached hydrogen (secondary N) is 2. The molecule has 0 saturated carbocycles. The van der Waals surface area contributed by atoms with Gasteiger partial charge in [-0.15, -0.1) is 0 Å². The third-order valence-corrected chi connectivity index (χ3v) is 5.00. The number of carbonyl (C=O) groups excluding carboxylic acids is 2. The molecule has 0 aromatic heterocycles. The number of carboxylic acid groups (broad SMARTS) is 1. The van der Waals surface area contributed by atoms with E-state index < -0.39 is 35.9 Å². The van der Waals surface area contributed by atoms with Crippen LogP contribution in [0.2, 0.25) is 0 Å². The molecular weight excluding hydrogens is 372 g/mol. The van der Waals surface area contributed by atoms with Crippen LogP contribution in [0.3, 0.4) is 0 Å². The Kier molecular flexibility index (Phi) is 10.9. The van der Waals surface area contributed by atoms with E-state index in [2.05, 4.69) is 10.6 Å². The molecule has 8 heteroatoms. The number of amides is 2. The fraction of sp³-hybridized carbons (Fsp3) is 0.571. The summed E-state index contributed by atoms with van der Waals surface area (Å²) in [6, 6.07) is 6.52. The van der Waals surface area contributed by atoms with Gasteiger partial charge in [0.1, 0.15) is 12.1 Å². The first-order chi connectivity index (χ1) is 13.8. The zero-order valence-corrected chi connectivity index (χ0v) is 17.3. The first kappa shape index (κ1) is 24.6. The molecule has 7 N–H and O–H groups in total. The Hall–Kier alpha value is -2.45. The third kappa shape index (κ3) is 8.62. The number of rotatable bonds is 13. The molecule has 0 spiro atoms. The monoisotopic (exact) mass is 406 g/mol. The van der Waals surface area contributed by atoms with Crippen LogP contribution in [0.5, 0.6) is 0 Å². The van der Waals surface area contributed by atoms with Gasteiger partial charge in [0.25, 0.3) is 0 Å². The molecule has 0 unspecified atom stereocenters. The molecule has 8 nitrogen and oxygen atoms in total.